The molecule has 2 aromatic heterocycles. The molecular weight excluding hydrogens is 406 g/mol. The Morgan fingerprint density at radius 3 is 2.56 bits per heavy atom. The van der Waals surface area contributed by atoms with E-state index in [2.05, 4.69) is 35.5 Å². The fraction of sp³-hybridized carbons (Fsp3) is 0.348. The van der Waals surface area contributed by atoms with Gasteiger partial charge in [0.1, 0.15) is 6.33 Å². The van der Waals surface area contributed by atoms with Crippen LogP contribution in [0.5, 0.6) is 0 Å². The number of nitrogens with zero attached hydrogens (tertiary/aromatic N) is 5. The number of carbonyl (C=O) groups excluding carboxylic acids is 1. The van der Waals surface area contributed by atoms with E-state index in [-0.39, 0.29) is 17.7 Å². The number of rotatable bonds is 6. The summed E-state index contributed by atoms with van der Waals surface area (Å²) in [7, 11) is 0. The second-order valence-electron chi connectivity index (χ2n) is 8.24. The van der Waals surface area contributed by atoms with E-state index in [1.54, 1.807) is 18.6 Å². The Bertz CT molecular complexity index is 1100. The largest absolute Gasteiger partial charge is 0.393 e. The summed E-state index contributed by atoms with van der Waals surface area (Å²) in [4.78, 5) is 32.5. The van der Waals surface area contributed by atoms with Crippen LogP contribution >= 0.6 is 0 Å². The van der Waals surface area contributed by atoms with E-state index < -0.39 is 0 Å². The second kappa shape index (κ2) is 8.88. The van der Waals surface area contributed by atoms with Crippen LogP contribution in [0.2, 0.25) is 0 Å². The van der Waals surface area contributed by atoms with Gasteiger partial charge < -0.3 is 20.6 Å². The fourth-order valence-corrected chi connectivity index (χ4v) is 3.82. The quantitative estimate of drug-likeness (QED) is 0.545. The Labute approximate surface area is 186 Å². The normalized spacial score (nSPS) is 16.6. The first kappa shape index (κ1) is 20.3. The van der Waals surface area contributed by atoms with Gasteiger partial charge in [-0.1, -0.05) is 6.07 Å². The summed E-state index contributed by atoms with van der Waals surface area (Å²) in [5.74, 6) is 0.411. The molecular formula is C23H25N7O2. The summed E-state index contributed by atoms with van der Waals surface area (Å²) < 4.78 is 0. The highest BCUT2D eigenvalue weighted by Gasteiger charge is 2.28. The first-order valence-electron chi connectivity index (χ1n) is 10.9. The monoisotopic (exact) mass is 431 g/mol. The zero-order valence-corrected chi connectivity index (χ0v) is 17.6. The highest BCUT2D eigenvalue weighted by molar-refractivity contribution is 6.06. The molecule has 1 saturated carbocycles. The number of amides is 1. The summed E-state index contributed by atoms with van der Waals surface area (Å²) in [5, 5.41) is 15.8. The van der Waals surface area contributed by atoms with Gasteiger partial charge >= 0.3 is 0 Å². The Morgan fingerprint density at radius 2 is 1.81 bits per heavy atom. The van der Waals surface area contributed by atoms with Crippen LogP contribution in [0.25, 0.3) is 0 Å². The van der Waals surface area contributed by atoms with Gasteiger partial charge in [0.15, 0.2) is 11.5 Å². The minimum atomic E-state index is -0.328. The average Bonchev–Trinajstić information content (AvgIpc) is 3.66. The lowest BCUT2D eigenvalue weighted by Gasteiger charge is -2.31. The van der Waals surface area contributed by atoms with Crippen molar-refractivity contribution in [3.63, 3.8) is 0 Å². The van der Waals surface area contributed by atoms with Gasteiger partial charge in [0, 0.05) is 30.4 Å². The molecule has 1 aromatic carbocycles. The van der Waals surface area contributed by atoms with E-state index in [9.17, 15) is 9.90 Å². The van der Waals surface area contributed by atoms with Gasteiger partial charge in [0.2, 0.25) is 0 Å². The molecule has 1 amide bonds. The van der Waals surface area contributed by atoms with Crippen molar-refractivity contribution in [2.45, 2.75) is 37.7 Å². The number of hydrogen-bond donors (Lipinski definition) is 3. The van der Waals surface area contributed by atoms with E-state index >= 15 is 0 Å². The van der Waals surface area contributed by atoms with Crippen LogP contribution in [0.4, 0.5) is 22.9 Å². The summed E-state index contributed by atoms with van der Waals surface area (Å²) >= 11 is 0. The Hall–Kier alpha value is -3.59. The van der Waals surface area contributed by atoms with Crippen molar-refractivity contribution in [1.29, 1.82) is 0 Å². The van der Waals surface area contributed by atoms with E-state index in [4.69, 9.17) is 0 Å². The Morgan fingerprint density at radius 1 is 1.03 bits per heavy atom. The second-order valence-corrected chi connectivity index (χ2v) is 8.24. The van der Waals surface area contributed by atoms with Crippen molar-refractivity contribution in [3.05, 3.63) is 60.6 Å². The molecule has 0 bridgehead atoms. The van der Waals surface area contributed by atoms with Crippen LogP contribution in [-0.2, 0) is 0 Å². The molecule has 0 radical (unpaired) electrons. The fourth-order valence-electron chi connectivity index (χ4n) is 3.82. The molecule has 2 fully saturated rings. The van der Waals surface area contributed by atoms with Crippen molar-refractivity contribution in [3.8, 4) is 0 Å². The molecule has 164 valence electrons. The molecule has 2 aliphatic rings. The van der Waals surface area contributed by atoms with Gasteiger partial charge in [0.25, 0.3) is 5.91 Å². The number of anilines is 4. The van der Waals surface area contributed by atoms with Gasteiger partial charge in [0.05, 0.1) is 36.1 Å². The SMILES string of the molecule is O=C(Nc1cccc(N2CCC(O)CC2)c1)c1nc(C2CC2)cnc1Nc1cncnc1. The number of benzene rings is 1. The van der Waals surface area contributed by atoms with Crippen molar-refractivity contribution < 1.29 is 9.90 Å². The number of aliphatic hydroxyl groups excluding tert-OH is 1. The van der Waals surface area contributed by atoms with Crippen LogP contribution in [-0.4, -0.2) is 50.1 Å². The average molecular weight is 432 g/mol. The zero-order chi connectivity index (χ0) is 21.9. The van der Waals surface area contributed by atoms with E-state index in [1.165, 1.54) is 6.33 Å². The molecule has 1 aliphatic heterocycles. The maximum absolute atomic E-state index is 13.2. The van der Waals surface area contributed by atoms with Crippen LogP contribution in [0, 0.1) is 0 Å². The third kappa shape index (κ3) is 4.67. The topological polar surface area (TPSA) is 116 Å². The zero-order valence-electron chi connectivity index (χ0n) is 17.6. The van der Waals surface area contributed by atoms with Gasteiger partial charge in [-0.15, -0.1) is 0 Å². The van der Waals surface area contributed by atoms with Crippen LogP contribution in [0.15, 0.2) is 49.2 Å². The standard InChI is InChI=1S/C23H25N7O2/c31-19-6-8-30(9-7-19)18-3-1-2-16(10-18)28-23(32)21-22(27-17-11-24-14-25-12-17)26-13-20(29-21)15-4-5-15/h1-3,10-15,19,31H,4-9H2,(H,26,27)(H,28,32). The molecule has 1 saturated heterocycles. The van der Waals surface area contributed by atoms with Crippen LogP contribution in [0.1, 0.15) is 47.8 Å². The maximum Gasteiger partial charge on any atom is 0.278 e. The summed E-state index contributed by atoms with van der Waals surface area (Å²) in [6, 6.07) is 7.74. The number of nitrogens with one attached hydrogen (secondary N) is 2. The summed E-state index contributed by atoms with van der Waals surface area (Å²) in [6.45, 7) is 1.58. The van der Waals surface area contributed by atoms with E-state index in [1.807, 2.05) is 24.3 Å². The highest BCUT2D eigenvalue weighted by atomic mass is 16.3. The number of aromatic nitrogens is 4. The molecule has 0 unspecified atom stereocenters. The third-order valence-corrected chi connectivity index (χ3v) is 5.76. The van der Waals surface area contributed by atoms with Crippen molar-refractivity contribution in [2.75, 3.05) is 28.6 Å². The van der Waals surface area contributed by atoms with Crippen LogP contribution in [0.3, 0.4) is 0 Å². The molecule has 0 spiro atoms. The van der Waals surface area contributed by atoms with Gasteiger partial charge in [-0.2, -0.15) is 0 Å². The molecule has 9 nitrogen and oxygen atoms in total. The maximum atomic E-state index is 13.2. The van der Waals surface area contributed by atoms with Gasteiger partial charge in [-0.3, -0.25) is 4.79 Å². The lowest BCUT2D eigenvalue weighted by molar-refractivity contribution is 0.102. The van der Waals surface area contributed by atoms with Crippen molar-refractivity contribution in [2.24, 2.45) is 0 Å². The molecule has 1 aliphatic carbocycles. The number of carbonyl (C=O) groups is 1. The minimum absolute atomic E-state index is 0.229. The number of aliphatic hydroxyl groups is 1. The van der Waals surface area contributed by atoms with Crippen molar-refractivity contribution >= 4 is 28.8 Å². The molecule has 0 atom stereocenters. The highest BCUT2D eigenvalue weighted by Crippen LogP contribution is 2.39. The molecule has 9 heteroatoms. The minimum Gasteiger partial charge on any atom is -0.393 e. The molecule has 3 heterocycles. The molecule has 3 N–H and O–H groups in total. The smallest absolute Gasteiger partial charge is 0.278 e. The first-order valence-corrected chi connectivity index (χ1v) is 10.9. The Kier molecular flexibility index (Phi) is 5.64. The third-order valence-electron chi connectivity index (χ3n) is 5.76. The lowest BCUT2D eigenvalue weighted by atomic mass is 10.1. The summed E-state index contributed by atoms with van der Waals surface area (Å²) in [6.07, 6.45) is 9.81. The van der Waals surface area contributed by atoms with E-state index in [0.29, 0.717) is 23.1 Å². The lowest BCUT2D eigenvalue weighted by Crippen LogP contribution is -2.35. The number of piperidine rings is 1. The van der Waals surface area contributed by atoms with Crippen LogP contribution < -0.4 is 15.5 Å². The van der Waals surface area contributed by atoms with E-state index in [0.717, 1.165) is 50.2 Å². The summed E-state index contributed by atoms with van der Waals surface area (Å²) in [5.41, 5.74) is 3.42. The number of hydrogen-bond acceptors (Lipinski definition) is 8. The molecule has 32 heavy (non-hydrogen) atoms. The van der Waals surface area contributed by atoms with Gasteiger partial charge in [-0.25, -0.2) is 19.9 Å². The Balaban J connectivity index is 1.37. The first-order chi connectivity index (χ1) is 15.7. The molecule has 5 rings (SSSR count). The predicted octanol–water partition coefficient (Wildman–Crippen LogP) is 3.10. The predicted molar refractivity (Wildman–Crippen MR) is 121 cm³/mol. The van der Waals surface area contributed by atoms with Crippen molar-refractivity contribution in [1.82, 2.24) is 19.9 Å². The molecule has 3 aromatic rings. The van der Waals surface area contributed by atoms with Gasteiger partial charge in [-0.05, 0) is 43.9 Å².